The summed E-state index contributed by atoms with van der Waals surface area (Å²) in [5.74, 6) is 0.100. The molecular weight excluding hydrogens is 232 g/mol. The van der Waals surface area contributed by atoms with Crippen LogP contribution in [0.4, 0.5) is 0 Å². The summed E-state index contributed by atoms with van der Waals surface area (Å²) in [5.41, 5.74) is 1.13. The first-order valence-corrected chi connectivity index (χ1v) is 6.60. The van der Waals surface area contributed by atoms with Crippen molar-refractivity contribution in [1.29, 1.82) is 0 Å². The average molecular weight is 254 g/mol. The van der Waals surface area contributed by atoms with Crippen LogP contribution in [0.2, 0.25) is 0 Å². The zero-order valence-corrected chi connectivity index (χ0v) is 11.0. The lowest BCUT2D eigenvalue weighted by atomic mass is 10.2. The van der Waals surface area contributed by atoms with Gasteiger partial charge in [0.15, 0.2) is 0 Å². The van der Waals surface area contributed by atoms with Crippen molar-refractivity contribution < 1.29 is 14.6 Å². The quantitative estimate of drug-likeness (QED) is 0.779. The normalized spacial score (nSPS) is 25.0. The van der Waals surface area contributed by atoms with Crippen LogP contribution in [0.25, 0.3) is 0 Å². The number of ether oxygens (including phenoxy) is 1. The van der Waals surface area contributed by atoms with Gasteiger partial charge in [-0.1, -0.05) is 6.08 Å². The van der Waals surface area contributed by atoms with Crippen LogP contribution < -0.4 is 0 Å². The van der Waals surface area contributed by atoms with Gasteiger partial charge < -0.3 is 14.7 Å². The number of carbonyl (C=O) groups is 1. The van der Waals surface area contributed by atoms with Gasteiger partial charge in [0.1, 0.15) is 0 Å². The fraction of sp³-hybridized carbons (Fsp3) is 0.769. The number of amides is 1. The predicted octanol–water partition coefficient (Wildman–Crippen LogP) is 0.206. The van der Waals surface area contributed by atoms with Crippen molar-refractivity contribution in [3.63, 3.8) is 0 Å². The highest BCUT2D eigenvalue weighted by Gasteiger charge is 2.26. The molecule has 102 valence electrons. The minimum Gasteiger partial charge on any atom is -0.395 e. The van der Waals surface area contributed by atoms with Crippen LogP contribution >= 0.6 is 0 Å². The molecule has 1 atom stereocenters. The number of allylic oxidation sites excluding steroid dienone is 2. The van der Waals surface area contributed by atoms with Crippen LogP contribution in [-0.2, 0) is 9.53 Å². The van der Waals surface area contributed by atoms with Crippen LogP contribution in [0.3, 0.4) is 0 Å². The third-order valence-electron chi connectivity index (χ3n) is 3.72. The van der Waals surface area contributed by atoms with E-state index in [0.29, 0.717) is 26.3 Å². The SMILES string of the molecule is CN(C(=O)CN1CCOCC1CO)C1=CCCC1. The topological polar surface area (TPSA) is 53.0 Å². The number of hydrogen-bond acceptors (Lipinski definition) is 4. The fourth-order valence-corrected chi connectivity index (χ4v) is 2.46. The summed E-state index contributed by atoms with van der Waals surface area (Å²) in [5, 5.41) is 9.27. The summed E-state index contributed by atoms with van der Waals surface area (Å²) >= 11 is 0. The molecule has 1 aliphatic heterocycles. The average Bonchev–Trinajstić information content (AvgIpc) is 2.92. The number of carbonyl (C=O) groups excluding carboxylic acids is 1. The maximum Gasteiger partial charge on any atom is 0.240 e. The number of morpholine rings is 1. The maximum absolute atomic E-state index is 12.2. The largest absolute Gasteiger partial charge is 0.395 e. The Kier molecular flexibility index (Phi) is 4.74. The molecule has 1 aliphatic carbocycles. The molecule has 0 aromatic heterocycles. The Hall–Kier alpha value is -0.910. The van der Waals surface area contributed by atoms with Crippen molar-refractivity contribution in [2.45, 2.75) is 25.3 Å². The van der Waals surface area contributed by atoms with E-state index < -0.39 is 0 Å². The molecule has 1 unspecified atom stereocenters. The molecule has 1 saturated heterocycles. The van der Waals surface area contributed by atoms with Gasteiger partial charge in [-0.2, -0.15) is 0 Å². The Morgan fingerprint density at radius 3 is 3.17 bits per heavy atom. The number of rotatable bonds is 4. The van der Waals surface area contributed by atoms with Crippen LogP contribution in [-0.4, -0.2) is 66.8 Å². The lowest BCUT2D eigenvalue weighted by Crippen LogP contribution is -2.51. The minimum atomic E-state index is -0.0475. The summed E-state index contributed by atoms with van der Waals surface area (Å²) in [6.07, 6.45) is 5.35. The molecule has 0 bridgehead atoms. The molecule has 0 aromatic rings. The second kappa shape index (κ2) is 6.31. The Balaban J connectivity index is 1.89. The molecule has 5 heteroatoms. The summed E-state index contributed by atoms with van der Waals surface area (Å²) in [4.78, 5) is 16.0. The zero-order chi connectivity index (χ0) is 13.0. The molecule has 18 heavy (non-hydrogen) atoms. The predicted molar refractivity (Wildman–Crippen MR) is 68.0 cm³/mol. The Morgan fingerprint density at radius 1 is 1.67 bits per heavy atom. The van der Waals surface area contributed by atoms with E-state index >= 15 is 0 Å². The van der Waals surface area contributed by atoms with E-state index in [-0.39, 0.29) is 18.6 Å². The highest BCUT2D eigenvalue weighted by molar-refractivity contribution is 5.79. The lowest BCUT2D eigenvalue weighted by molar-refractivity contribution is -0.132. The smallest absolute Gasteiger partial charge is 0.240 e. The molecule has 1 fully saturated rings. The monoisotopic (exact) mass is 254 g/mol. The van der Waals surface area contributed by atoms with Gasteiger partial charge in [-0.25, -0.2) is 0 Å². The zero-order valence-electron chi connectivity index (χ0n) is 11.0. The van der Waals surface area contributed by atoms with Crippen molar-refractivity contribution >= 4 is 5.91 Å². The molecule has 2 aliphatic rings. The van der Waals surface area contributed by atoms with E-state index in [2.05, 4.69) is 6.08 Å². The van der Waals surface area contributed by atoms with Gasteiger partial charge in [-0.15, -0.1) is 0 Å². The Morgan fingerprint density at radius 2 is 2.50 bits per heavy atom. The molecule has 2 rings (SSSR count). The molecular formula is C13H22N2O3. The molecule has 0 saturated carbocycles. The standard InChI is InChI=1S/C13H22N2O3/c1-14(11-4-2-3-5-11)13(17)8-15-6-7-18-10-12(15)9-16/h4,12,16H,2-3,5-10H2,1H3. The lowest BCUT2D eigenvalue weighted by Gasteiger charge is -2.34. The highest BCUT2D eigenvalue weighted by atomic mass is 16.5. The van der Waals surface area contributed by atoms with Crippen molar-refractivity contribution in [3.05, 3.63) is 11.8 Å². The molecule has 1 heterocycles. The van der Waals surface area contributed by atoms with Crippen LogP contribution in [0.5, 0.6) is 0 Å². The molecule has 1 amide bonds. The van der Waals surface area contributed by atoms with Gasteiger partial charge in [0.25, 0.3) is 0 Å². The fourth-order valence-electron chi connectivity index (χ4n) is 2.46. The van der Waals surface area contributed by atoms with E-state index in [1.54, 1.807) is 4.90 Å². The first-order valence-electron chi connectivity index (χ1n) is 6.60. The second-order valence-corrected chi connectivity index (χ2v) is 4.92. The van der Waals surface area contributed by atoms with E-state index in [1.807, 2.05) is 11.9 Å². The number of aliphatic hydroxyl groups is 1. The molecule has 5 nitrogen and oxygen atoms in total. The second-order valence-electron chi connectivity index (χ2n) is 4.92. The van der Waals surface area contributed by atoms with Gasteiger partial charge in [-0.05, 0) is 19.3 Å². The molecule has 0 radical (unpaired) electrons. The first-order chi connectivity index (χ1) is 8.72. The highest BCUT2D eigenvalue weighted by Crippen LogP contribution is 2.20. The number of likely N-dealkylation sites (N-methyl/N-ethyl adjacent to an activating group) is 1. The van der Waals surface area contributed by atoms with Crippen LogP contribution in [0.15, 0.2) is 11.8 Å². The number of aliphatic hydroxyl groups excluding tert-OH is 1. The van der Waals surface area contributed by atoms with Gasteiger partial charge >= 0.3 is 0 Å². The van der Waals surface area contributed by atoms with Crippen molar-refractivity contribution in [1.82, 2.24) is 9.80 Å². The van der Waals surface area contributed by atoms with E-state index in [9.17, 15) is 9.90 Å². The van der Waals surface area contributed by atoms with Crippen molar-refractivity contribution in [3.8, 4) is 0 Å². The summed E-state index contributed by atoms with van der Waals surface area (Å²) in [6, 6.07) is -0.0475. The van der Waals surface area contributed by atoms with Gasteiger partial charge in [0, 0.05) is 19.3 Å². The minimum absolute atomic E-state index is 0.0414. The summed E-state index contributed by atoms with van der Waals surface area (Å²) in [7, 11) is 1.84. The molecule has 0 aromatic carbocycles. The Labute approximate surface area is 108 Å². The number of nitrogens with zero attached hydrogens (tertiary/aromatic N) is 2. The summed E-state index contributed by atoms with van der Waals surface area (Å²) < 4.78 is 5.31. The van der Waals surface area contributed by atoms with Crippen LogP contribution in [0.1, 0.15) is 19.3 Å². The van der Waals surface area contributed by atoms with E-state index in [0.717, 1.165) is 25.0 Å². The number of hydrogen-bond donors (Lipinski definition) is 1. The van der Waals surface area contributed by atoms with Crippen molar-refractivity contribution in [2.24, 2.45) is 0 Å². The molecule has 0 spiro atoms. The third kappa shape index (κ3) is 3.10. The maximum atomic E-state index is 12.2. The van der Waals surface area contributed by atoms with Gasteiger partial charge in [-0.3, -0.25) is 9.69 Å². The third-order valence-corrected chi connectivity index (χ3v) is 3.72. The van der Waals surface area contributed by atoms with E-state index in [1.165, 1.54) is 0 Å². The van der Waals surface area contributed by atoms with Crippen molar-refractivity contribution in [2.75, 3.05) is 40.0 Å². The molecule has 1 N–H and O–H groups in total. The van der Waals surface area contributed by atoms with Gasteiger partial charge in [0.2, 0.25) is 5.91 Å². The van der Waals surface area contributed by atoms with Crippen LogP contribution in [0, 0.1) is 0 Å². The Bertz CT molecular complexity index is 330. The van der Waals surface area contributed by atoms with E-state index in [4.69, 9.17) is 4.74 Å². The van der Waals surface area contributed by atoms with Gasteiger partial charge in [0.05, 0.1) is 32.4 Å². The first kappa shape index (κ1) is 13.5. The summed E-state index contributed by atoms with van der Waals surface area (Å²) in [6.45, 7) is 2.26.